The van der Waals surface area contributed by atoms with Crippen LogP contribution in [0.3, 0.4) is 0 Å². The number of hydrogen-bond donors (Lipinski definition) is 2. The van der Waals surface area contributed by atoms with E-state index in [4.69, 9.17) is 0 Å². The van der Waals surface area contributed by atoms with Gasteiger partial charge in [-0.25, -0.2) is 0 Å². The maximum absolute atomic E-state index is 12.4. The van der Waals surface area contributed by atoms with Crippen molar-refractivity contribution in [2.45, 2.75) is 69.9 Å². The summed E-state index contributed by atoms with van der Waals surface area (Å²) in [6, 6.07) is 9.14. The lowest BCUT2D eigenvalue weighted by molar-refractivity contribution is 0.0927. The Morgan fingerprint density at radius 3 is 2.68 bits per heavy atom. The Hall–Kier alpha value is -1.35. The van der Waals surface area contributed by atoms with Gasteiger partial charge in [0, 0.05) is 17.6 Å². The summed E-state index contributed by atoms with van der Waals surface area (Å²) in [5, 5.41) is 6.79. The van der Waals surface area contributed by atoms with Crippen molar-refractivity contribution in [2.75, 3.05) is 6.54 Å². The highest BCUT2D eigenvalue weighted by Gasteiger charge is 2.17. The summed E-state index contributed by atoms with van der Waals surface area (Å²) in [6.45, 7) is 1.13. The normalized spacial score (nSPS) is 23.2. The lowest BCUT2D eigenvalue weighted by Gasteiger charge is -2.24. The van der Waals surface area contributed by atoms with Crippen molar-refractivity contribution in [2.24, 2.45) is 0 Å². The first-order chi connectivity index (χ1) is 10.8. The molecule has 1 saturated heterocycles. The smallest absolute Gasteiger partial charge is 0.251 e. The molecular weight excluding hydrogens is 272 g/mol. The van der Waals surface area contributed by atoms with Gasteiger partial charge >= 0.3 is 0 Å². The van der Waals surface area contributed by atoms with Crippen LogP contribution < -0.4 is 10.6 Å². The zero-order valence-corrected chi connectivity index (χ0v) is 13.4. The summed E-state index contributed by atoms with van der Waals surface area (Å²) < 4.78 is 0. The molecule has 2 fully saturated rings. The van der Waals surface area contributed by atoms with E-state index in [-0.39, 0.29) is 5.91 Å². The number of benzene rings is 1. The Kier molecular flexibility index (Phi) is 5.49. The van der Waals surface area contributed by atoms with Crippen molar-refractivity contribution in [3.8, 4) is 0 Å². The Morgan fingerprint density at radius 2 is 1.91 bits per heavy atom. The topological polar surface area (TPSA) is 41.1 Å². The van der Waals surface area contributed by atoms with Crippen LogP contribution in [-0.4, -0.2) is 24.5 Å². The van der Waals surface area contributed by atoms with E-state index in [9.17, 15) is 4.79 Å². The average Bonchev–Trinajstić information content (AvgIpc) is 2.57. The average molecular weight is 300 g/mol. The third-order valence-corrected chi connectivity index (χ3v) is 5.02. The first-order valence-corrected chi connectivity index (χ1v) is 8.94. The minimum atomic E-state index is 0.102. The molecule has 0 aromatic heterocycles. The largest absolute Gasteiger partial charge is 0.349 e. The number of carbonyl (C=O) groups excluding carboxylic acids is 1. The van der Waals surface area contributed by atoms with Gasteiger partial charge in [-0.1, -0.05) is 37.8 Å². The third kappa shape index (κ3) is 4.33. The highest BCUT2D eigenvalue weighted by Crippen LogP contribution is 2.18. The molecule has 3 rings (SSSR count). The van der Waals surface area contributed by atoms with Crippen LogP contribution in [0.1, 0.15) is 67.3 Å². The molecule has 0 bridgehead atoms. The van der Waals surface area contributed by atoms with Crippen LogP contribution in [-0.2, 0) is 6.42 Å². The van der Waals surface area contributed by atoms with Gasteiger partial charge in [-0.05, 0) is 56.3 Å². The summed E-state index contributed by atoms with van der Waals surface area (Å²) in [4.78, 5) is 12.4. The number of hydrogen-bond acceptors (Lipinski definition) is 2. The second-order valence-electron chi connectivity index (χ2n) is 6.86. The second kappa shape index (κ2) is 7.77. The van der Waals surface area contributed by atoms with Crippen LogP contribution >= 0.6 is 0 Å². The minimum Gasteiger partial charge on any atom is -0.349 e. The van der Waals surface area contributed by atoms with E-state index in [1.165, 1.54) is 44.1 Å². The molecule has 1 aliphatic carbocycles. The fourth-order valence-corrected chi connectivity index (χ4v) is 3.74. The number of amides is 1. The van der Waals surface area contributed by atoms with Crippen molar-refractivity contribution >= 4 is 5.91 Å². The van der Waals surface area contributed by atoms with Crippen LogP contribution in [0.15, 0.2) is 24.3 Å². The van der Waals surface area contributed by atoms with Crippen LogP contribution in [0, 0.1) is 0 Å². The predicted octanol–water partition coefficient (Wildman–Crippen LogP) is 3.43. The van der Waals surface area contributed by atoms with Gasteiger partial charge < -0.3 is 10.6 Å². The van der Waals surface area contributed by atoms with Crippen molar-refractivity contribution in [3.05, 3.63) is 35.4 Å². The van der Waals surface area contributed by atoms with Crippen LogP contribution in [0.25, 0.3) is 0 Å². The maximum Gasteiger partial charge on any atom is 0.251 e. The first-order valence-electron chi connectivity index (χ1n) is 8.94. The van der Waals surface area contributed by atoms with E-state index >= 15 is 0 Å². The Bertz CT molecular complexity index is 488. The lowest BCUT2D eigenvalue weighted by atomic mass is 9.94. The van der Waals surface area contributed by atoms with Gasteiger partial charge in [0.25, 0.3) is 5.91 Å². The molecule has 1 aromatic carbocycles. The van der Waals surface area contributed by atoms with Crippen LogP contribution in [0.4, 0.5) is 0 Å². The van der Waals surface area contributed by atoms with E-state index in [0.717, 1.165) is 31.4 Å². The highest BCUT2D eigenvalue weighted by atomic mass is 16.1. The van der Waals surface area contributed by atoms with E-state index in [1.54, 1.807) is 0 Å². The van der Waals surface area contributed by atoms with E-state index in [2.05, 4.69) is 22.8 Å². The molecule has 0 radical (unpaired) electrons. The molecule has 1 heterocycles. The zero-order valence-electron chi connectivity index (χ0n) is 13.4. The van der Waals surface area contributed by atoms with Gasteiger partial charge in [0.05, 0.1) is 0 Å². The van der Waals surface area contributed by atoms with Gasteiger partial charge in [0.1, 0.15) is 0 Å². The van der Waals surface area contributed by atoms with Gasteiger partial charge in [-0.15, -0.1) is 0 Å². The number of nitrogens with one attached hydrogen (secondary N) is 2. The highest BCUT2D eigenvalue weighted by molar-refractivity contribution is 5.94. The van der Waals surface area contributed by atoms with Crippen molar-refractivity contribution in [3.63, 3.8) is 0 Å². The van der Waals surface area contributed by atoms with Crippen LogP contribution in [0.2, 0.25) is 0 Å². The van der Waals surface area contributed by atoms with E-state index in [0.29, 0.717) is 12.1 Å². The minimum absolute atomic E-state index is 0.102. The molecule has 0 spiro atoms. The van der Waals surface area contributed by atoms with E-state index < -0.39 is 0 Å². The van der Waals surface area contributed by atoms with Crippen molar-refractivity contribution in [1.29, 1.82) is 0 Å². The first kappa shape index (κ1) is 15.5. The molecule has 2 N–H and O–H groups in total. The Morgan fingerprint density at radius 1 is 1.09 bits per heavy atom. The molecule has 3 heteroatoms. The Labute approximate surface area is 133 Å². The molecule has 2 aliphatic rings. The number of rotatable bonds is 4. The second-order valence-corrected chi connectivity index (χ2v) is 6.86. The molecule has 1 amide bonds. The predicted molar refractivity (Wildman–Crippen MR) is 90.1 cm³/mol. The van der Waals surface area contributed by atoms with Gasteiger partial charge in [-0.2, -0.15) is 0 Å². The summed E-state index contributed by atoms with van der Waals surface area (Å²) in [7, 11) is 0. The molecule has 1 aromatic rings. The molecule has 3 nitrogen and oxygen atoms in total. The summed E-state index contributed by atoms with van der Waals surface area (Å²) in [5.41, 5.74) is 2.09. The molecule has 1 atom stereocenters. The molecule has 22 heavy (non-hydrogen) atoms. The van der Waals surface area contributed by atoms with Crippen LogP contribution in [0.5, 0.6) is 0 Å². The fraction of sp³-hybridized carbons (Fsp3) is 0.632. The summed E-state index contributed by atoms with van der Waals surface area (Å²) in [6.07, 6.45) is 11.0. The fourth-order valence-electron chi connectivity index (χ4n) is 3.74. The van der Waals surface area contributed by atoms with Gasteiger partial charge in [0.15, 0.2) is 0 Å². The summed E-state index contributed by atoms with van der Waals surface area (Å²) >= 11 is 0. The van der Waals surface area contributed by atoms with Crippen molar-refractivity contribution in [1.82, 2.24) is 10.6 Å². The molecule has 1 saturated carbocycles. The van der Waals surface area contributed by atoms with E-state index in [1.807, 2.05) is 12.1 Å². The standard InChI is InChI=1S/C19H28N2O/c22-19(21-17-9-2-1-3-10-17)16-8-6-7-15(13-16)14-18-11-4-5-12-20-18/h6-8,13,17-18,20H,1-5,9-12,14H2,(H,21,22). The zero-order chi connectivity index (χ0) is 15.2. The molecular formula is C19H28N2O. The SMILES string of the molecule is O=C(NC1CCCCC1)c1cccc(CC2CCCCN2)c1. The molecule has 1 aliphatic heterocycles. The molecule has 1 unspecified atom stereocenters. The monoisotopic (exact) mass is 300 g/mol. The van der Waals surface area contributed by atoms with Crippen molar-refractivity contribution < 1.29 is 4.79 Å². The lowest BCUT2D eigenvalue weighted by Crippen LogP contribution is -2.36. The summed E-state index contributed by atoms with van der Waals surface area (Å²) in [5.74, 6) is 0.102. The van der Waals surface area contributed by atoms with Gasteiger partial charge in [-0.3, -0.25) is 4.79 Å². The third-order valence-electron chi connectivity index (χ3n) is 5.02. The molecule has 120 valence electrons. The number of carbonyl (C=O) groups is 1. The van der Waals surface area contributed by atoms with Gasteiger partial charge in [0.2, 0.25) is 0 Å². The quantitative estimate of drug-likeness (QED) is 0.894. The number of piperidine rings is 1. The Balaban J connectivity index is 1.58. The maximum atomic E-state index is 12.4.